The van der Waals surface area contributed by atoms with Crippen LogP contribution in [0, 0.1) is 20.6 Å². The molecule has 1 aliphatic rings. The topological polar surface area (TPSA) is 98.0 Å². The van der Waals surface area contributed by atoms with Crippen molar-refractivity contribution in [3.63, 3.8) is 0 Å². The van der Waals surface area contributed by atoms with Crippen LogP contribution < -0.4 is 29.6 Å². The maximum Gasteiger partial charge on any atom is 1.00 e. The molecule has 0 heterocycles. The van der Waals surface area contributed by atoms with Crippen molar-refractivity contribution in [1.29, 1.82) is 0 Å². The average Bonchev–Trinajstić information content (AvgIpc) is 2.93. The first-order valence-corrected chi connectivity index (χ1v) is 12.9. The number of hydrogen-bond donors (Lipinski definition) is 0. The number of likely N-dealkylation sites (N-methyl/N-ethyl adjacent to an activating group) is 1. The van der Waals surface area contributed by atoms with Crippen molar-refractivity contribution >= 4 is 0 Å². The number of nitrogens with zero attached hydrogens (tertiary/aromatic N) is 6. The molecule has 37 heavy (non-hydrogen) atoms. The zero-order valence-corrected chi connectivity index (χ0v) is 24.2. The first kappa shape index (κ1) is 30.9. The smallest absolute Gasteiger partial charge is 1.00 e. The largest absolute Gasteiger partial charge is 1.00 e. The van der Waals surface area contributed by atoms with E-state index in [1.165, 1.54) is 29.3 Å². The van der Waals surface area contributed by atoms with E-state index in [0.29, 0.717) is 25.3 Å². The Kier molecular flexibility index (Phi) is 14.4. The molecule has 1 fully saturated rings. The van der Waals surface area contributed by atoms with Crippen LogP contribution in [0.5, 0.6) is 0 Å². The second-order valence-electron chi connectivity index (χ2n) is 9.84. The second kappa shape index (κ2) is 17.2. The minimum Gasteiger partial charge on any atom is -1.00 e. The molecular formula is C27H39N6NaO3. The molecule has 2 aromatic carbocycles. The molecule has 10 heteroatoms. The van der Waals surface area contributed by atoms with Crippen molar-refractivity contribution in [2.24, 2.45) is 21.8 Å². The Hall–Kier alpha value is -2.36. The Balaban J connectivity index is 0.00000361. The van der Waals surface area contributed by atoms with Gasteiger partial charge in [-0.15, -0.1) is 14.7 Å². The van der Waals surface area contributed by atoms with E-state index in [9.17, 15) is 14.7 Å². The van der Waals surface area contributed by atoms with Gasteiger partial charge < -0.3 is 1.43 Å². The first-order valence-electron chi connectivity index (χ1n) is 12.9. The summed E-state index contributed by atoms with van der Waals surface area (Å²) in [6, 6.07) is 19.2. The van der Waals surface area contributed by atoms with Gasteiger partial charge in [0.15, 0.2) is 0 Å². The molecular weight excluding hydrogens is 479 g/mol. The molecule has 0 aromatic heterocycles. The number of hydrogen-bond acceptors (Lipinski definition) is 6. The van der Waals surface area contributed by atoms with E-state index in [0.717, 1.165) is 30.4 Å². The number of rotatable bonds is 16. The van der Waals surface area contributed by atoms with Gasteiger partial charge in [0.2, 0.25) is 0 Å². The minimum atomic E-state index is -0.371. The molecule has 2 atom stereocenters. The van der Waals surface area contributed by atoms with Gasteiger partial charge in [0.05, 0.1) is 41.0 Å². The molecule has 0 bridgehead atoms. The van der Waals surface area contributed by atoms with Gasteiger partial charge in [-0.25, -0.2) is 0 Å². The van der Waals surface area contributed by atoms with Crippen LogP contribution in [0.4, 0.5) is 0 Å². The molecule has 0 aliphatic heterocycles. The third kappa shape index (κ3) is 10.5. The van der Waals surface area contributed by atoms with Gasteiger partial charge in [-0.1, -0.05) is 92.8 Å². The van der Waals surface area contributed by atoms with Crippen LogP contribution in [-0.4, -0.2) is 53.8 Å². The summed E-state index contributed by atoms with van der Waals surface area (Å²) in [5.74, 6) is 0.491. The van der Waals surface area contributed by atoms with Gasteiger partial charge >= 0.3 is 29.6 Å². The summed E-state index contributed by atoms with van der Waals surface area (Å²) in [4.78, 5) is 35.3. The second-order valence-corrected chi connectivity index (χ2v) is 9.84. The van der Waals surface area contributed by atoms with Crippen LogP contribution >= 0.6 is 0 Å². The summed E-state index contributed by atoms with van der Waals surface area (Å²) in [6.07, 6.45) is 7.89. The third-order valence-corrected chi connectivity index (χ3v) is 7.18. The number of nitroso groups, excluding NO2 is 3. The van der Waals surface area contributed by atoms with E-state index in [1.807, 2.05) is 60.7 Å². The van der Waals surface area contributed by atoms with Gasteiger partial charge in [0.25, 0.3) is 0 Å². The molecule has 2 aromatic rings. The molecule has 9 nitrogen and oxygen atoms in total. The predicted octanol–water partition coefficient (Wildman–Crippen LogP) is 2.88. The Bertz CT molecular complexity index is 924. The van der Waals surface area contributed by atoms with Gasteiger partial charge in [-0.05, 0) is 36.3 Å². The summed E-state index contributed by atoms with van der Waals surface area (Å²) in [5.41, 5.74) is 2.17. The van der Waals surface area contributed by atoms with Gasteiger partial charge in [0.1, 0.15) is 0 Å². The van der Waals surface area contributed by atoms with Crippen molar-refractivity contribution in [3.05, 3.63) is 86.5 Å². The minimum absolute atomic E-state index is 0. The van der Waals surface area contributed by atoms with Crippen LogP contribution in [0.1, 0.15) is 51.1 Å². The van der Waals surface area contributed by atoms with Crippen LogP contribution in [0.25, 0.3) is 0 Å². The third-order valence-electron chi connectivity index (χ3n) is 7.18. The fourth-order valence-corrected chi connectivity index (χ4v) is 5.23. The molecule has 0 unspecified atom stereocenters. The first-order chi connectivity index (χ1) is 17.6. The normalized spacial score (nSPS) is 15.1. The van der Waals surface area contributed by atoms with Crippen molar-refractivity contribution in [3.8, 4) is 0 Å². The van der Waals surface area contributed by atoms with Crippen molar-refractivity contribution in [2.45, 2.75) is 63.5 Å². The molecule has 0 amide bonds. The molecule has 3 rings (SSSR count). The summed E-state index contributed by atoms with van der Waals surface area (Å²) < 4.78 is 0. The Labute approximate surface area is 243 Å². The maximum absolute atomic E-state index is 12.1. The summed E-state index contributed by atoms with van der Waals surface area (Å²) in [5, 5.41) is 14.2. The Morgan fingerprint density at radius 2 is 1.38 bits per heavy atom. The van der Waals surface area contributed by atoms with E-state index < -0.39 is 0 Å². The SMILES string of the molecule is CN(C[C@H](Cc1ccccc1)N(C[C@H](CC1CCCCC1)N(CCc1ccccc1)N=O)N=O)N=O.[H-].[Na+]. The van der Waals surface area contributed by atoms with Gasteiger partial charge in [0, 0.05) is 13.6 Å². The zero-order valence-electron chi connectivity index (χ0n) is 23.2. The molecule has 1 saturated carbocycles. The molecule has 0 spiro atoms. The van der Waals surface area contributed by atoms with E-state index in [4.69, 9.17) is 0 Å². The summed E-state index contributed by atoms with van der Waals surface area (Å²) >= 11 is 0. The molecule has 0 N–H and O–H groups in total. The summed E-state index contributed by atoms with van der Waals surface area (Å²) in [6.45, 7) is 0.986. The quantitative estimate of drug-likeness (QED) is 0.193. The van der Waals surface area contributed by atoms with Gasteiger partial charge in [-0.3, -0.25) is 15.0 Å². The molecule has 0 radical (unpaired) electrons. The van der Waals surface area contributed by atoms with E-state index in [-0.39, 0.29) is 56.2 Å². The fraction of sp³-hybridized carbons (Fsp3) is 0.556. The van der Waals surface area contributed by atoms with Gasteiger partial charge in [-0.2, -0.15) is 0 Å². The molecule has 1 aliphatic carbocycles. The molecule has 196 valence electrons. The molecule has 0 saturated heterocycles. The van der Waals surface area contributed by atoms with E-state index in [2.05, 4.69) is 15.9 Å². The van der Waals surface area contributed by atoms with Crippen molar-refractivity contribution in [2.75, 3.05) is 26.7 Å². The predicted molar refractivity (Wildman–Crippen MR) is 144 cm³/mol. The van der Waals surface area contributed by atoms with Crippen molar-refractivity contribution in [1.82, 2.24) is 15.0 Å². The van der Waals surface area contributed by atoms with E-state index in [1.54, 1.807) is 12.1 Å². The van der Waals surface area contributed by atoms with Crippen LogP contribution in [0.2, 0.25) is 0 Å². The maximum atomic E-state index is 12.1. The Morgan fingerprint density at radius 3 is 1.95 bits per heavy atom. The number of benzene rings is 2. The Morgan fingerprint density at radius 1 is 0.784 bits per heavy atom. The standard InChI is InChI=1S/C27H38N6O3.Na.H/c1-31(28-34)21-26(19-24-13-7-3-8-14-24)33(30-36)22-27(20-25-15-9-4-10-16-25)32(29-35)18-17-23-11-5-2-6-12-23;;/h2-3,5-8,11-14,25-27H,4,9-10,15-22H2,1H3;;/q;+1;-1/t26-,27-;;/m0../s1. The zero-order chi connectivity index (χ0) is 25.6. The summed E-state index contributed by atoms with van der Waals surface area (Å²) in [7, 11) is 1.59. The van der Waals surface area contributed by atoms with Crippen LogP contribution in [0.15, 0.2) is 76.5 Å². The van der Waals surface area contributed by atoms with Crippen molar-refractivity contribution < 1.29 is 31.0 Å². The van der Waals surface area contributed by atoms with E-state index >= 15 is 0 Å². The monoisotopic (exact) mass is 518 g/mol. The average molecular weight is 519 g/mol. The van der Waals surface area contributed by atoms with Crippen LogP contribution in [-0.2, 0) is 12.8 Å². The fourth-order valence-electron chi connectivity index (χ4n) is 5.23. The van der Waals surface area contributed by atoms with Crippen LogP contribution in [0.3, 0.4) is 0 Å².